The molecule has 38 heavy (non-hydrogen) atoms. The Morgan fingerprint density at radius 1 is 1.05 bits per heavy atom. The molecule has 1 unspecified atom stereocenters. The minimum absolute atomic E-state index is 0.112. The van der Waals surface area contributed by atoms with E-state index >= 15 is 0 Å². The molecule has 0 radical (unpaired) electrons. The first kappa shape index (κ1) is 25.8. The lowest BCUT2D eigenvalue weighted by Crippen LogP contribution is -2.30. The summed E-state index contributed by atoms with van der Waals surface area (Å²) in [6.45, 7) is 0. The summed E-state index contributed by atoms with van der Waals surface area (Å²) in [6, 6.07) is 21.0. The second kappa shape index (κ2) is 11.3. The molecule has 2 heterocycles. The Bertz CT molecular complexity index is 1540. The average Bonchev–Trinajstić information content (AvgIpc) is 3.50. The number of ketones is 1. The van der Waals surface area contributed by atoms with Crippen LogP contribution in [0, 0.1) is 5.82 Å². The number of hydrogen-bond acceptors (Lipinski definition) is 7. The van der Waals surface area contributed by atoms with E-state index in [-0.39, 0.29) is 10.7 Å². The Hall–Kier alpha value is -3.79. The standard InChI is InChI=1S/C28H19ClFN3O3S2/c29-20-11-6-18(7-12-20)16-37-28-32-31-27(38-28)33-24(19-9-13-21(30)14-10-19)23(25(35)26(33)36)22(34)15-8-17-4-2-1-3-5-17/h1-15,24,35H,16H2. The highest BCUT2D eigenvalue weighted by Gasteiger charge is 2.45. The Labute approximate surface area is 231 Å². The van der Waals surface area contributed by atoms with Gasteiger partial charge in [-0.25, -0.2) is 4.39 Å². The number of carbonyl (C=O) groups excluding carboxylic acids is 2. The van der Waals surface area contributed by atoms with Gasteiger partial charge in [-0.2, -0.15) is 0 Å². The van der Waals surface area contributed by atoms with Crippen LogP contribution in [0.4, 0.5) is 9.52 Å². The van der Waals surface area contributed by atoms with Crippen LogP contribution >= 0.6 is 34.7 Å². The zero-order valence-corrected chi connectivity index (χ0v) is 22.0. The number of amides is 1. The number of aliphatic hydroxyl groups is 1. The normalized spacial score (nSPS) is 15.6. The predicted octanol–water partition coefficient (Wildman–Crippen LogP) is 6.81. The van der Waals surface area contributed by atoms with E-state index in [1.807, 2.05) is 42.5 Å². The minimum atomic E-state index is -1.00. The van der Waals surface area contributed by atoms with Gasteiger partial charge in [0.2, 0.25) is 5.13 Å². The second-order valence-corrected chi connectivity index (χ2v) is 10.9. The van der Waals surface area contributed by atoms with Gasteiger partial charge in [-0.15, -0.1) is 10.2 Å². The molecule has 0 bridgehead atoms. The summed E-state index contributed by atoms with van der Waals surface area (Å²) >= 11 is 8.55. The van der Waals surface area contributed by atoms with Crippen LogP contribution < -0.4 is 4.90 Å². The van der Waals surface area contributed by atoms with E-state index < -0.39 is 29.3 Å². The number of halogens is 2. The largest absolute Gasteiger partial charge is 0.503 e. The third kappa shape index (κ3) is 5.55. The summed E-state index contributed by atoms with van der Waals surface area (Å²) in [4.78, 5) is 27.8. The molecular weight excluding hydrogens is 545 g/mol. The lowest BCUT2D eigenvalue weighted by molar-refractivity contribution is -0.117. The molecule has 6 nitrogen and oxygen atoms in total. The minimum Gasteiger partial charge on any atom is -0.503 e. The highest BCUT2D eigenvalue weighted by atomic mass is 35.5. The fraction of sp³-hybridized carbons (Fsp3) is 0.0714. The summed E-state index contributed by atoms with van der Waals surface area (Å²) in [6.07, 6.45) is 2.91. The van der Waals surface area contributed by atoms with Crippen molar-refractivity contribution in [3.8, 4) is 0 Å². The zero-order chi connectivity index (χ0) is 26.6. The first-order valence-corrected chi connectivity index (χ1v) is 13.6. The van der Waals surface area contributed by atoms with Crippen molar-refractivity contribution >= 4 is 57.6 Å². The molecule has 5 rings (SSSR count). The molecule has 1 atom stereocenters. The SMILES string of the molecule is O=C(C=Cc1ccccc1)C1=C(O)C(=O)N(c2nnc(SCc3ccc(Cl)cc3)s2)C1c1ccc(F)cc1. The maximum absolute atomic E-state index is 13.7. The molecule has 4 aromatic rings. The summed E-state index contributed by atoms with van der Waals surface area (Å²) in [5.41, 5.74) is 2.16. The Morgan fingerprint density at radius 3 is 2.47 bits per heavy atom. The number of allylic oxidation sites excluding steroid dienone is 1. The monoisotopic (exact) mass is 563 g/mol. The van der Waals surface area contributed by atoms with Crippen LogP contribution in [-0.4, -0.2) is 27.0 Å². The molecule has 3 aromatic carbocycles. The van der Waals surface area contributed by atoms with Gasteiger partial charge in [0.15, 0.2) is 15.9 Å². The summed E-state index contributed by atoms with van der Waals surface area (Å²) in [5, 5.41) is 20.1. The number of thioether (sulfide) groups is 1. The van der Waals surface area contributed by atoms with E-state index in [0.29, 0.717) is 20.7 Å². The molecule has 0 fully saturated rings. The van der Waals surface area contributed by atoms with Gasteiger partial charge in [0, 0.05) is 10.8 Å². The van der Waals surface area contributed by atoms with Crippen molar-refractivity contribution in [2.24, 2.45) is 0 Å². The summed E-state index contributed by atoms with van der Waals surface area (Å²) < 4.78 is 14.3. The first-order chi connectivity index (χ1) is 18.4. The Balaban J connectivity index is 1.45. The molecule has 1 amide bonds. The molecule has 1 aliphatic rings. The fourth-order valence-corrected chi connectivity index (χ4v) is 5.87. The Kier molecular flexibility index (Phi) is 7.69. The van der Waals surface area contributed by atoms with Crippen LogP contribution in [0.3, 0.4) is 0 Å². The fourth-order valence-electron chi connectivity index (χ4n) is 3.92. The third-order valence-corrected chi connectivity index (χ3v) is 8.14. The lowest BCUT2D eigenvalue weighted by Gasteiger charge is -2.23. The van der Waals surface area contributed by atoms with Crippen molar-refractivity contribution in [3.63, 3.8) is 0 Å². The van der Waals surface area contributed by atoms with Crippen molar-refractivity contribution in [2.45, 2.75) is 16.1 Å². The van der Waals surface area contributed by atoms with E-state index in [1.165, 1.54) is 47.0 Å². The van der Waals surface area contributed by atoms with Crippen LogP contribution in [0.25, 0.3) is 6.08 Å². The molecule has 1 N–H and O–H groups in total. The van der Waals surface area contributed by atoms with Crippen LogP contribution in [0.1, 0.15) is 22.7 Å². The number of nitrogens with zero attached hydrogens (tertiary/aromatic N) is 3. The van der Waals surface area contributed by atoms with E-state index in [2.05, 4.69) is 10.2 Å². The van der Waals surface area contributed by atoms with Gasteiger partial charge in [0.1, 0.15) is 5.82 Å². The summed E-state index contributed by atoms with van der Waals surface area (Å²) in [7, 11) is 0. The van der Waals surface area contributed by atoms with Crippen LogP contribution in [-0.2, 0) is 15.3 Å². The molecule has 0 spiro atoms. The molecule has 0 saturated carbocycles. The van der Waals surface area contributed by atoms with Crippen molar-refractivity contribution in [3.05, 3.63) is 124 Å². The highest BCUT2D eigenvalue weighted by molar-refractivity contribution is 8.00. The second-order valence-electron chi connectivity index (χ2n) is 8.27. The van der Waals surface area contributed by atoms with Crippen molar-refractivity contribution in [2.75, 3.05) is 4.90 Å². The maximum Gasteiger partial charge on any atom is 0.296 e. The van der Waals surface area contributed by atoms with Crippen LogP contribution in [0.5, 0.6) is 0 Å². The number of hydrogen-bond donors (Lipinski definition) is 1. The number of benzene rings is 3. The number of aromatic nitrogens is 2. The lowest BCUT2D eigenvalue weighted by atomic mass is 9.96. The quantitative estimate of drug-likeness (QED) is 0.144. The number of anilines is 1. The number of rotatable bonds is 8. The van der Waals surface area contributed by atoms with Crippen molar-refractivity contribution < 1.29 is 19.1 Å². The molecule has 0 aliphatic carbocycles. The summed E-state index contributed by atoms with van der Waals surface area (Å²) in [5.74, 6) is -1.85. The molecule has 190 valence electrons. The molecule has 1 aliphatic heterocycles. The van der Waals surface area contributed by atoms with Gasteiger partial charge >= 0.3 is 0 Å². The predicted molar refractivity (Wildman–Crippen MR) is 148 cm³/mol. The Morgan fingerprint density at radius 2 is 1.76 bits per heavy atom. The average molecular weight is 564 g/mol. The van der Waals surface area contributed by atoms with Gasteiger partial charge < -0.3 is 5.11 Å². The highest BCUT2D eigenvalue weighted by Crippen LogP contribution is 2.43. The molecule has 10 heteroatoms. The zero-order valence-electron chi connectivity index (χ0n) is 19.6. The van der Waals surface area contributed by atoms with Gasteiger partial charge in [-0.05, 0) is 47.0 Å². The van der Waals surface area contributed by atoms with Crippen LogP contribution in [0.2, 0.25) is 5.02 Å². The number of aliphatic hydroxyl groups excluding tert-OH is 1. The van der Waals surface area contributed by atoms with Crippen LogP contribution in [0.15, 0.2) is 101 Å². The smallest absolute Gasteiger partial charge is 0.296 e. The molecule has 0 saturated heterocycles. The van der Waals surface area contributed by atoms with E-state index in [9.17, 15) is 19.1 Å². The maximum atomic E-state index is 13.7. The number of carbonyl (C=O) groups is 2. The van der Waals surface area contributed by atoms with Gasteiger partial charge in [-0.3, -0.25) is 14.5 Å². The first-order valence-electron chi connectivity index (χ1n) is 11.4. The molecule has 1 aromatic heterocycles. The van der Waals surface area contributed by atoms with Gasteiger partial charge in [0.05, 0.1) is 11.6 Å². The van der Waals surface area contributed by atoms with Gasteiger partial charge in [-0.1, -0.05) is 95.4 Å². The van der Waals surface area contributed by atoms with Crippen molar-refractivity contribution in [1.82, 2.24) is 10.2 Å². The van der Waals surface area contributed by atoms with E-state index in [1.54, 1.807) is 18.2 Å². The van der Waals surface area contributed by atoms with E-state index in [0.717, 1.165) is 22.5 Å². The topological polar surface area (TPSA) is 83.4 Å². The van der Waals surface area contributed by atoms with Crippen molar-refractivity contribution in [1.29, 1.82) is 0 Å². The molecular formula is C28H19ClFN3O3S2. The van der Waals surface area contributed by atoms with Gasteiger partial charge in [0.25, 0.3) is 5.91 Å². The third-order valence-electron chi connectivity index (χ3n) is 5.76. The van der Waals surface area contributed by atoms with E-state index in [4.69, 9.17) is 11.6 Å².